The van der Waals surface area contributed by atoms with Gasteiger partial charge >= 0.3 is 6.03 Å². The second-order valence-electron chi connectivity index (χ2n) is 6.05. The minimum atomic E-state index is 0.0953. The number of carbonyl (C=O) groups is 1. The second kappa shape index (κ2) is 6.37. The predicted octanol–water partition coefficient (Wildman–Crippen LogP) is 2.15. The first-order valence-corrected chi connectivity index (χ1v) is 7.96. The molecule has 1 aliphatic heterocycles. The maximum Gasteiger partial charge on any atom is 0.317 e. The minimum absolute atomic E-state index is 0.0953. The lowest BCUT2D eigenvalue weighted by Crippen LogP contribution is -2.53. The van der Waals surface area contributed by atoms with Crippen LogP contribution in [0.2, 0.25) is 0 Å². The smallest absolute Gasteiger partial charge is 0.317 e. The summed E-state index contributed by atoms with van der Waals surface area (Å²) in [7, 11) is 0. The molecule has 0 atom stereocenters. The number of aromatic nitrogens is 1. The average Bonchev–Trinajstić information content (AvgIpc) is 2.95. The highest BCUT2D eigenvalue weighted by Crippen LogP contribution is 2.19. The third-order valence-corrected chi connectivity index (χ3v) is 4.44. The van der Waals surface area contributed by atoms with Crippen molar-refractivity contribution in [2.24, 2.45) is 0 Å². The van der Waals surface area contributed by atoms with Gasteiger partial charge in [0.1, 0.15) is 5.76 Å². The second-order valence-corrected chi connectivity index (χ2v) is 6.05. The van der Waals surface area contributed by atoms with Crippen LogP contribution in [0, 0.1) is 6.92 Å². The quantitative estimate of drug-likeness (QED) is 0.907. The van der Waals surface area contributed by atoms with Gasteiger partial charge in [0.2, 0.25) is 0 Å². The molecule has 0 bridgehead atoms. The lowest BCUT2D eigenvalue weighted by atomic mass is 9.96. The molecule has 1 aliphatic carbocycles. The van der Waals surface area contributed by atoms with Crippen LogP contribution in [0.3, 0.4) is 0 Å². The highest BCUT2D eigenvalue weighted by molar-refractivity contribution is 5.74. The van der Waals surface area contributed by atoms with Gasteiger partial charge in [-0.3, -0.25) is 0 Å². The Hall–Kier alpha value is -1.72. The molecule has 0 spiro atoms. The van der Waals surface area contributed by atoms with E-state index in [4.69, 9.17) is 4.52 Å². The topological polar surface area (TPSA) is 61.6 Å². The monoisotopic (exact) mass is 292 g/mol. The van der Waals surface area contributed by atoms with Gasteiger partial charge in [-0.2, -0.15) is 0 Å². The van der Waals surface area contributed by atoms with Gasteiger partial charge in [-0.1, -0.05) is 24.4 Å². The number of piperazine rings is 1. The van der Waals surface area contributed by atoms with E-state index in [9.17, 15) is 4.79 Å². The summed E-state index contributed by atoms with van der Waals surface area (Å²) in [6.07, 6.45) is 6.05. The lowest BCUT2D eigenvalue weighted by molar-refractivity contribution is 0.186. The van der Waals surface area contributed by atoms with Crippen LogP contribution < -0.4 is 10.2 Å². The molecule has 2 fully saturated rings. The number of nitrogens with one attached hydrogen (secondary N) is 1. The number of aryl methyl sites for hydroxylation is 1. The minimum Gasteiger partial charge on any atom is -0.360 e. The molecule has 2 heterocycles. The Kier molecular flexibility index (Phi) is 4.31. The largest absolute Gasteiger partial charge is 0.360 e. The molecule has 6 heteroatoms. The molecule has 1 N–H and O–H groups in total. The Morgan fingerprint density at radius 2 is 1.95 bits per heavy atom. The molecule has 3 rings (SSSR count). The molecule has 1 aromatic rings. The summed E-state index contributed by atoms with van der Waals surface area (Å²) in [6.45, 7) is 4.99. The Morgan fingerprint density at radius 1 is 1.24 bits per heavy atom. The molecule has 1 saturated heterocycles. The van der Waals surface area contributed by atoms with Crippen molar-refractivity contribution < 1.29 is 9.32 Å². The van der Waals surface area contributed by atoms with Gasteiger partial charge in [0.05, 0.1) is 0 Å². The summed E-state index contributed by atoms with van der Waals surface area (Å²) >= 11 is 0. The number of carbonyl (C=O) groups excluding carboxylic acids is 1. The van der Waals surface area contributed by atoms with Crippen LogP contribution in [0.1, 0.15) is 37.9 Å². The third kappa shape index (κ3) is 3.49. The Morgan fingerprint density at radius 3 is 2.57 bits per heavy atom. The van der Waals surface area contributed by atoms with Gasteiger partial charge in [0.15, 0.2) is 5.82 Å². The molecule has 0 unspecified atom stereocenters. The van der Waals surface area contributed by atoms with Gasteiger partial charge in [0, 0.05) is 38.3 Å². The van der Waals surface area contributed by atoms with Crippen molar-refractivity contribution in [2.75, 3.05) is 31.1 Å². The fraction of sp³-hybridized carbons (Fsp3) is 0.733. The molecule has 2 amide bonds. The number of hydrogen-bond donors (Lipinski definition) is 1. The maximum absolute atomic E-state index is 12.3. The number of rotatable bonds is 2. The van der Waals surface area contributed by atoms with Crippen LogP contribution in [0.25, 0.3) is 0 Å². The third-order valence-electron chi connectivity index (χ3n) is 4.44. The summed E-state index contributed by atoms with van der Waals surface area (Å²) in [5.41, 5.74) is 0. The summed E-state index contributed by atoms with van der Waals surface area (Å²) in [4.78, 5) is 16.4. The highest BCUT2D eigenvalue weighted by atomic mass is 16.5. The van der Waals surface area contributed by atoms with E-state index >= 15 is 0 Å². The fourth-order valence-electron chi connectivity index (χ4n) is 3.15. The lowest BCUT2D eigenvalue weighted by Gasteiger charge is -2.35. The van der Waals surface area contributed by atoms with Crippen molar-refractivity contribution in [1.29, 1.82) is 0 Å². The number of anilines is 1. The van der Waals surface area contributed by atoms with E-state index in [1.807, 2.05) is 17.9 Å². The van der Waals surface area contributed by atoms with Crippen molar-refractivity contribution in [2.45, 2.75) is 45.1 Å². The summed E-state index contributed by atoms with van der Waals surface area (Å²) in [5, 5.41) is 7.22. The molecule has 0 radical (unpaired) electrons. The van der Waals surface area contributed by atoms with Crippen molar-refractivity contribution in [3.05, 3.63) is 11.8 Å². The zero-order valence-electron chi connectivity index (χ0n) is 12.7. The van der Waals surface area contributed by atoms with Crippen LogP contribution >= 0.6 is 0 Å². The molecule has 0 aromatic carbocycles. The van der Waals surface area contributed by atoms with E-state index in [-0.39, 0.29) is 6.03 Å². The fourth-order valence-corrected chi connectivity index (χ4v) is 3.15. The SMILES string of the molecule is Cc1cc(N2CCN(C(=O)NC3CCCCC3)CC2)no1. The van der Waals surface area contributed by atoms with E-state index in [0.717, 1.165) is 50.6 Å². The molecule has 1 aromatic heterocycles. The number of hydrogen-bond acceptors (Lipinski definition) is 4. The van der Waals surface area contributed by atoms with E-state index in [0.29, 0.717) is 6.04 Å². The van der Waals surface area contributed by atoms with Crippen LogP contribution in [0.15, 0.2) is 10.6 Å². The Balaban J connectivity index is 1.47. The first kappa shape index (κ1) is 14.2. The van der Waals surface area contributed by atoms with Crippen molar-refractivity contribution in [1.82, 2.24) is 15.4 Å². The van der Waals surface area contributed by atoms with Crippen LogP contribution in [-0.4, -0.2) is 48.3 Å². The van der Waals surface area contributed by atoms with E-state index in [1.165, 1.54) is 19.3 Å². The molecule has 2 aliphatic rings. The van der Waals surface area contributed by atoms with Gasteiger partial charge in [-0.05, 0) is 19.8 Å². The van der Waals surface area contributed by atoms with Crippen molar-refractivity contribution >= 4 is 11.8 Å². The molecule has 1 saturated carbocycles. The number of nitrogens with zero attached hydrogens (tertiary/aromatic N) is 3. The highest BCUT2D eigenvalue weighted by Gasteiger charge is 2.24. The van der Waals surface area contributed by atoms with E-state index < -0.39 is 0 Å². The number of amides is 2. The van der Waals surface area contributed by atoms with Gasteiger partial charge in [-0.25, -0.2) is 4.79 Å². The van der Waals surface area contributed by atoms with Gasteiger partial charge in [0.25, 0.3) is 0 Å². The maximum atomic E-state index is 12.3. The summed E-state index contributed by atoms with van der Waals surface area (Å²) < 4.78 is 5.11. The molecular weight excluding hydrogens is 268 g/mol. The Bertz CT molecular complexity index is 474. The van der Waals surface area contributed by atoms with Crippen molar-refractivity contribution in [3.63, 3.8) is 0 Å². The zero-order valence-corrected chi connectivity index (χ0v) is 12.7. The van der Waals surface area contributed by atoms with Crippen LogP contribution in [-0.2, 0) is 0 Å². The average molecular weight is 292 g/mol. The van der Waals surface area contributed by atoms with Crippen LogP contribution in [0.4, 0.5) is 10.6 Å². The number of urea groups is 1. The first-order valence-electron chi connectivity index (χ1n) is 7.96. The summed E-state index contributed by atoms with van der Waals surface area (Å²) in [5.74, 6) is 1.70. The normalized spacial score (nSPS) is 20.6. The Labute approximate surface area is 125 Å². The summed E-state index contributed by atoms with van der Waals surface area (Å²) in [6, 6.07) is 2.41. The first-order chi connectivity index (χ1) is 10.2. The van der Waals surface area contributed by atoms with Crippen molar-refractivity contribution in [3.8, 4) is 0 Å². The predicted molar refractivity (Wildman–Crippen MR) is 80.4 cm³/mol. The molecule has 6 nitrogen and oxygen atoms in total. The molecule has 21 heavy (non-hydrogen) atoms. The van der Waals surface area contributed by atoms with E-state index in [1.54, 1.807) is 0 Å². The molecular formula is C15H24N4O2. The van der Waals surface area contributed by atoms with Gasteiger partial charge < -0.3 is 19.6 Å². The van der Waals surface area contributed by atoms with Gasteiger partial charge in [-0.15, -0.1) is 0 Å². The van der Waals surface area contributed by atoms with E-state index in [2.05, 4.69) is 15.4 Å². The zero-order chi connectivity index (χ0) is 14.7. The van der Waals surface area contributed by atoms with Crippen LogP contribution in [0.5, 0.6) is 0 Å². The standard InChI is InChI=1S/C15H24N4O2/c1-12-11-14(17-21-12)18-7-9-19(10-8-18)15(20)16-13-5-3-2-4-6-13/h11,13H,2-10H2,1H3,(H,16,20). The molecule has 116 valence electrons.